The number of hydrogen-bond acceptors (Lipinski definition) is 3. The molecule has 3 atom stereocenters. The number of aliphatic hydroxyl groups is 1. The Kier molecular flexibility index (Phi) is 4.42. The molecule has 21 heavy (non-hydrogen) atoms. The Hall–Kier alpha value is -0.420. The van der Waals surface area contributed by atoms with Gasteiger partial charge in [-0.25, -0.2) is 0 Å². The van der Waals surface area contributed by atoms with Crippen LogP contribution in [0.1, 0.15) is 38.2 Å². The number of benzene rings is 1. The molecule has 4 heteroatoms. The van der Waals surface area contributed by atoms with Crippen molar-refractivity contribution in [3.63, 3.8) is 0 Å². The minimum absolute atomic E-state index is 0.169. The Morgan fingerprint density at radius 1 is 1.43 bits per heavy atom. The maximum atomic E-state index is 11.4. The normalized spacial score (nSPS) is 32.2. The van der Waals surface area contributed by atoms with E-state index in [9.17, 15) is 5.11 Å². The van der Waals surface area contributed by atoms with Crippen LogP contribution in [-0.4, -0.2) is 30.5 Å². The summed E-state index contributed by atoms with van der Waals surface area (Å²) < 4.78 is 12.6. The van der Waals surface area contributed by atoms with Crippen molar-refractivity contribution in [3.05, 3.63) is 34.3 Å². The second-order valence-electron chi connectivity index (χ2n) is 6.31. The molecule has 2 saturated heterocycles. The molecule has 1 spiro atoms. The Morgan fingerprint density at radius 2 is 2.29 bits per heavy atom. The lowest BCUT2D eigenvalue weighted by Gasteiger charge is -2.44. The summed E-state index contributed by atoms with van der Waals surface area (Å²) in [6.45, 7) is 4.22. The molecule has 0 aliphatic carbocycles. The first-order chi connectivity index (χ1) is 10.1. The Morgan fingerprint density at radius 3 is 2.95 bits per heavy atom. The van der Waals surface area contributed by atoms with Gasteiger partial charge < -0.3 is 14.6 Å². The van der Waals surface area contributed by atoms with Crippen LogP contribution >= 0.6 is 15.9 Å². The lowest BCUT2D eigenvalue weighted by Crippen LogP contribution is -2.47. The van der Waals surface area contributed by atoms with Gasteiger partial charge in [0.05, 0.1) is 17.8 Å². The molecular formula is C17H23BrO3. The van der Waals surface area contributed by atoms with Gasteiger partial charge in [0.25, 0.3) is 0 Å². The summed E-state index contributed by atoms with van der Waals surface area (Å²) in [6.07, 6.45) is 3.44. The monoisotopic (exact) mass is 354 g/mol. The summed E-state index contributed by atoms with van der Waals surface area (Å²) in [6, 6.07) is 8.06. The Labute approximate surface area is 134 Å². The largest absolute Gasteiger partial charge is 0.385 e. The number of rotatable bonds is 3. The molecule has 2 aliphatic rings. The van der Waals surface area contributed by atoms with Crippen molar-refractivity contribution < 1.29 is 14.6 Å². The van der Waals surface area contributed by atoms with Gasteiger partial charge in [0, 0.05) is 24.1 Å². The highest BCUT2D eigenvalue weighted by molar-refractivity contribution is 9.10. The van der Waals surface area contributed by atoms with E-state index >= 15 is 0 Å². The average molecular weight is 355 g/mol. The molecular weight excluding hydrogens is 332 g/mol. The predicted octanol–water partition coefficient (Wildman–Crippen LogP) is 3.63. The third kappa shape index (κ3) is 2.91. The lowest BCUT2D eigenvalue weighted by atomic mass is 9.71. The van der Waals surface area contributed by atoms with E-state index in [1.807, 2.05) is 24.3 Å². The van der Waals surface area contributed by atoms with E-state index in [-0.39, 0.29) is 11.5 Å². The highest BCUT2D eigenvalue weighted by Gasteiger charge is 2.47. The number of hydrogen-bond donors (Lipinski definition) is 1. The summed E-state index contributed by atoms with van der Waals surface area (Å²) in [5.74, 6) is 0.215. The first kappa shape index (κ1) is 15.5. The van der Waals surface area contributed by atoms with Crippen LogP contribution in [0.4, 0.5) is 0 Å². The fraction of sp³-hybridized carbons (Fsp3) is 0.647. The molecule has 1 aromatic rings. The van der Waals surface area contributed by atoms with Crippen LogP contribution in [0.2, 0.25) is 0 Å². The quantitative estimate of drug-likeness (QED) is 0.900. The van der Waals surface area contributed by atoms with Crippen LogP contribution in [0.5, 0.6) is 0 Å². The van der Waals surface area contributed by atoms with E-state index in [4.69, 9.17) is 9.47 Å². The Balaban J connectivity index is 1.88. The molecule has 2 heterocycles. The van der Waals surface area contributed by atoms with Crippen LogP contribution in [-0.2, 0) is 15.1 Å². The molecule has 3 unspecified atom stereocenters. The van der Waals surface area contributed by atoms with Crippen LogP contribution in [0.25, 0.3) is 0 Å². The van der Waals surface area contributed by atoms with Crippen molar-refractivity contribution in [2.45, 2.75) is 43.8 Å². The summed E-state index contributed by atoms with van der Waals surface area (Å²) in [7, 11) is 0. The number of halogens is 1. The highest BCUT2D eigenvalue weighted by atomic mass is 79.9. The zero-order valence-corrected chi connectivity index (χ0v) is 14.1. The van der Waals surface area contributed by atoms with Gasteiger partial charge >= 0.3 is 0 Å². The smallest absolute Gasteiger partial charge is 0.0940 e. The van der Waals surface area contributed by atoms with E-state index in [0.29, 0.717) is 19.6 Å². The van der Waals surface area contributed by atoms with Crippen molar-refractivity contribution >= 4 is 15.9 Å². The first-order valence-corrected chi connectivity index (χ1v) is 8.57. The van der Waals surface area contributed by atoms with Gasteiger partial charge in [-0.15, -0.1) is 0 Å². The predicted molar refractivity (Wildman–Crippen MR) is 85.2 cm³/mol. The van der Waals surface area contributed by atoms with E-state index in [2.05, 4.69) is 22.9 Å². The first-order valence-electron chi connectivity index (χ1n) is 7.78. The second-order valence-corrected chi connectivity index (χ2v) is 7.23. The molecule has 3 nitrogen and oxygen atoms in total. The lowest BCUT2D eigenvalue weighted by molar-refractivity contribution is -0.147. The summed E-state index contributed by atoms with van der Waals surface area (Å²) in [5, 5.41) is 11.4. The van der Waals surface area contributed by atoms with E-state index in [0.717, 1.165) is 35.9 Å². The minimum atomic E-state index is -0.789. The Bertz CT molecular complexity index is 499. The molecule has 0 aromatic heterocycles. The van der Waals surface area contributed by atoms with E-state index in [1.165, 1.54) is 0 Å². The molecule has 0 amide bonds. The van der Waals surface area contributed by atoms with Crippen molar-refractivity contribution in [1.82, 2.24) is 0 Å². The fourth-order valence-electron chi connectivity index (χ4n) is 3.78. The molecule has 3 rings (SSSR count). The zero-order valence-electron chi connectivity index (χ0n) is 12.5. The van der Waals surface area contributed by atoms with Gasteiger partial charge in [0.2, 0.25) is 0 Å². The van der Waals surface area contributed by atoms with Gasteiger partial charge in [-0.05, 0) is 42.9 Å². The van der Waals surface area contributed by atoms with Crippen molar-refractivity contribution in [1.29, 1.82) is 0 Å². The molecule has 1 aromatic carbocycles. The van der Waals surface area contributed by atoms with Gasteiger partial charge in [0.15, 0.2) is 0 Å². The molecule has 1 N–H and O–H groups in total. The van der Waals surface area contributed by atoms with Crippen LogP contribution < -0.4 is 0 Å². The third-order valence-electron chi connectivity index (χ3n) is 5.10. The average Bonchev–Trinajstić information content (AvgIpc) is 2.94. The standard InChI is InChI=1S/C17H23BrO3/c1-2-17(19,13-4-3-5-15(18)10-13)14-6-8-21-16(11-14)7-9-20-12-16/h3-5,10,14,19H,2,6-9,11-12H2,1H3. The summed E-state index contributed by atoms with van der Waals surface area (Å²) in [4.78, 5) is 0. The minimum Gasteiger partial charge on any atom is -0.385 e. The fourth-order valence-corrected chi connectivity index (χ4v) is 4.18. The third-order valence-corrected chi connectivity index (χ3v) is 5.59. The maximum absolute atomic E-state index is 11.4. The van der Waals surface area contributed by atoms with Crippen molar-refractivity contribution in [3.8, 4) is 0 Å². The van der Waals surface area contributed by atoms with Crippen LogP contribution in [0, 0.1) is 5.92 Å². The van der Waals surface area contributed by atoms with Crippen LogP contribution in [0.3, 0.4) is 0 Å². The SMILES string of the molecule is CCC(O)(c1cccc(Br)c1)C1CCOC2(CCOC2)C1. The molecule has 0 radical (unpaired) electrons. The summed E-state index contributed by atoms with van der Waals surface area (Å²) in [5.41, 5.74) is 0.0432. The van der Waals surface area contributed by atoms with Gasteiger partial charge in [0.1, 0.15) is 0 Å². The van der Waals surface area contributed by atoms with E-state index in [1.54, 1.807) is 0 Å². The molecule has 2 aliphatic heterocycles. The molecule has 0 saturated carbocycles. The van der Waals surface area contributed by atoms with Crippen LogP contribution in [0.15, 0.2) is 28.7 Å². The van der Waals surface area contributed by atoms with Crippen molar-refractivity contribution in [2.75, 3.05) is 19.8 Å². The van der Waals surface area contributed by atoms with Gasteiger partial charge in [-0.3, -0.25) is 0 Å². The topological polar surface area (TPSA) is 38.7 Å². The highest BCUT2D eigenvalue weighted by Crippen LogP contribution is 2.45. The van der Waals surface area contributed by atoms with E-state index < -0.39 is 5.60 Å². The molecule has 0 bridgehead atoms. The maximum Gasteiger partial charge on any atom is 0.0940 e. The second kappa shape index (κ2) is 5.99. The van der Waals surface area contributed by atoms with Gasteiger partial charge in [-0.1, -0.05) is 35.0 Å². The molecule has 2 fully saturated rings. The van der Waals surface area contributed by atoms with Gasteiger partial charge in [-0.2, -0.15) is 0 Å². The number of ether oxygens (including phenoxy) is 2. The van der Waals surface area contributed by atoms with Crippen molar-refractivity contribution in [2.24, 2.45) is 5.92 Å². The summed E-state index contributed by atoms with van der Waals surface area (Å²) >= 11 is 3.51. The molecule has 116 valence electrons. The zero-order chi connectivity index (χ0) is 14.9.